The summed E-state index contributed by atoms with van der Waals surface area (Å²) in [7, 11) is -4.77. The Morgan fingerprint density at radius 3 is 1.42 bits per heavy atom. The van der Waals surface area contributed by atoms with Crippen LogP contribution in [0.3, 0.4) is 0 Å². The van der Waals surface area contributed by atoms with Crippen molar-refractivity contribution in [1.82, 2.24) is 5.32 Å². The summed E-state index contributed by atoms with van der Waals surface area (Å²) >= 11 is 0. The van der Waals surface area contributed by atoms with Crippen LogP contribution in [0.1, 0.15) is 200 Å². The average Bonchev–Trinajstić information content (AvgIpc) is 3.21. The minimum Gasteiger partial charge on any atom is -0.480 e. The van der Waals surface area contributed by atoms with Crippen LogP contribution in [0.5, 0.6) is 0 Å². The van der Waals surface area contributed by atoms with E-state index in [-0.39, 0.29) is 12.8 Å². The standard InChI is InChI=1S/C47H84NO10P/c1-3-5-7-9-11-13-15-17-19-21-23-24-26-28-30-32-34-36-38-45(50)48-44(47(52)53)42-58-59(54,55)57-41-43(49)40-56-46(51)39-37-35-33-31-29-27-25-22-20-18-16-14-12-10-8-6-4-2/h12,14,18,20,25,27,31,33,43-44,49H,3-11,13,15-17,19,21-24,26,28-30,32,34-42H2,1-2H3,(H,48,50)(H,52,53)(H,54,55)/b14-12-,20-18-,27-25-,33-31-. The Labute approximate surface area is 358 Å². The molecule has 0 spiro atoms. The van der Waals surface area contributed by atoms with E-state index in [1.54, 1.807) is 0 Å². The fourth-order valence-corrected chi connectivity index (χ4v) is 7.02. The summed E-state index contributed by atoms with van der Waals surface area (Å²) in [6, 6.07) is -1.55. The van der Waals surface area contributed by atoms with E-state index in [4.69, 9.17) is 13.8 Å². The SMILES string of the molecule is CCCCC/C=C\C/C=C\C/C=C\C/C=C\CCCC(=O)OCC(O)COP(=O)(O)OCC(NC(=O)CCCCCCCCCCCCCCCCCCCC)C(=O)O. The molecule has 12 heteroatoms. The molecule has 0 radical (unpaired) electrons. The number of carboxylic acid groups (broad SMARTS) is 1. The van der Waals surface area contributed by atoms with Crippen molar-refractivity contribution in [2.24, 2.45) is 0 Å². The van der Waals surface area contributed by atoms with E-state index >= 15 is 0 Å². The van der Waals surface area contributed by atoms with Crippen molar-refractivity contribution in [2.75, 3.05) is 19.8 Å². The number of esters is 1. The quantitative estimate of drug-likeness (QED) is 0.0200. The molecule has 0 aliphatic carbocycles. The zero-order valence-corrected chi connectivity index (χ0v) is 37.9. The van der Waals surface area contributed by atoms with E-state index in [1.807, 2.05) is 12.2 Å². The maximum atomic E-state index is 12.3. The number of allylic oxidation sites excluding steroid dienone is 8. The van der Waals surface area contributed by atoms with Gasteiger partial charge in [0.2, 0.25) is 5.91 Å². The third-order valence-electron chi connectivity index (χ3n) is 9.87. The Hall–Kier alpha value is -2.56. The number of phosphoric acid groups is 1. The van der Waals surface area contributed by atoms with Crippen molar-refractivity contribution in [3.8, 4) is 0 Å². The summed E-state index contributed by atoms with van der Waals surface area (Å²) in [4.78, 5) is 46.0. The number of unbranched alkanes of at least 4 members (excludes halogenated alkanes) is 21. The van der Waals surface area contributed by atoms with Crippen molar-refractivity contribution in [3.05, 3.63) is 48.6 Å². The van der Waals surface area contributed by atoms with Crippen LogP contribution in [-0.4, -0.2) is 64.9 Å². The molecule has 0 aliphatic heterocycles. The molecule has 3 atom stereocenters. The highest BCUT2D eigenvalue weighted by atomic mass is 31.2. The highest BCUT2D eigenvalue weighted by Gasteiger charge is 2.28. The van der Waals surface area contributed by atoms with E-state index < -0.39 is 57.6 Å². The topological polar surface area (TPSA) is 169 Å². The molecule has 1 amide bonds. The lowest BCUT2D eigenvalue weighted by Gasteiger charge is -2.18. The van der Waals surface area contributed by atoms with Crippen LogP contribution in [0.2, 0.25) is 0 Å². The predicted octanol–water partition coefficient (Wildman–Crippen LogP) is 12.2. The number of aliphatic hydroxyl groups excluding tert-OH is 1. The van der Waals surface area contributed by atoms with Gasteiger partial charge in [0.05, 0.1) is 13.2 Å². The second-order valence-electron chi connectivity index (χ2n) is 15.6. The van der Waals surface area contributed by atoms with Gasteiger partial charge in [-0.25, -0.2) is 9.36 Å². The number of carboxylic acids is 1. The van der Waals surface area contributed by atoms with E-state index in [0.29, 0.717) is 19.3 Å². The highest BCUT2D eigenvalue weighted by Crippen LogP contribution is 2.43. The van der Waals surface area contributed by atoms with Gasteiger partial charge in [0.15, 0.2) is 6.04 Å². The van der Waals surface area contributed by atoms with E-state index in [2.05, 4.69) is 55.6 Å². The van der Waals surface area contributed by atoms with Crippen molar-refractivity contribution in [3.63, 3.8) is 0 Å². The molecule has 0 saturated heterocycles. The first-order chi connectivity index (χ1) is 28.6. The Kier molecular flexibility index (Phi) is 40.3. The Balaban J connectivity index is 3.94. The lowest BCUT2D eigenvalue weighted by molar-refractivity contribution is -0.147. The van der Waals surface area contributed by atoms with E-state index in [9.17, 15) is 34.1 Å². The number of rotatable bonds is 43. The zero-order chi connectivity index (χ0) is 43.5. The molecule has 59 heavy (non-hydrogen) atoms. The summed E-state index contributed by atoms with van der Waals surface area (Å²) in [5.41, 5.74) is 0. The molecule has 0 aromatic heterocycles. The van der Waals surface area contributed by atoms with Crippen LogP contribution in [0.25, 0.3) is 0 Å². The molecule has 11 nitrogen and oxygen atoms in total. The van der Waals surface area contributed by atoms with Gasteiger partial charge in [0.1, 0.15) is 12.7 Å². The molecule has 0 rings (SSSR count). The summed E-state index contributed by atoms with van der Waals surface area (Å²) in [5.74, 6) is -2.43. The molecule has 342 valence electrons. The first-order valence-corrected chi connectivity index (χ1v) is 24.7. The molecule has 0 heterocycles. The summed E-state index contributed by atoms with van der Waals surface area (Å²) in [6.45, 7) is 2.52. The number of hydrogen-bond acceptors (Lipinski definition) is 8. The van der Waals surface area contributed by atoms with Crippen LogP contribution in [0.4, 0.5) is 0 Å². The molecule has 0 aliphatic rings. The van der Waals surface area contributed by atoms with Crippen molar-refractivity contribution in [1.29, 1.82) is 0 Å². The number of amides is 1. The number of phosphoric ester groups is 1. The number of aliphatic carboxylic acids is 1. The molecule has 0 aromatic carbocycles. The number of hydrogen-bond donors (Lipinski definition) is 4. The normalized spacial score (nSPS) is 14.1. The Morgan fingerprint density at radius 2 is 0.949 bits per heavy atom. The monoisotopic (exact) mass is 854 g/mol. The van der Waals surface area contributed by atoms with Gasteiger partial charge in [-0.15, -0.1) is 0 Å². The van der Waals surface area contributed by atoms with E-state index in [1.165, 1.54) is 109 Å². The fourth-order valence-electron chi connectivity index (χ4n) is 6.25. The average molecular weight is 854 g/mol. The van der Waals surface area contributed by atoms with Crippen LogP contribution in [0.15, 0.2) is 48.6 Å². The van der Waals surface area contributed by atoms with Crippen LogP contribution >= 0.6 is 7.82 Å². The highest BCUT2D eigenvalue weighted by molar-refractivity contribution is 7.47. The molecular formula is C47H84NO10P. The van der Waals surface area contributed by atoms with Crippen LogP contribution in [-0.2, 0) is 32.7 Å². The smallest absolute Gasteiger partial charge is 0.472 e. The Morgan fingerprint density at radius 1 is 0.542 bits per heavy atom. The Bertz CT molecular complexity index is 1190. The third kappa shape index (κ3) is 41.9. The number of nitrogens with one attached hydrogen (secondary N) is 1. The van der Waals surface area contributed by atoms with Gasteiger partial charge in [-0.2, -0.15) is 0 Å². The molecule has 3 unspecified atom stereocenters. The number of ether oxygens (including phenoxy) is 1. The largest absolute Gasteiger partial charge is 0.480 e. The van der Waals surface area contributed by atoms with Gasteiger partial charge in [-0.1, -0.05) is 184 Å². The first-order valence-electron chi connectivity index (χ1n) is 23.2. The van der Waals surface area contributed by atoms with Gasteiger partial charge >= 0.3 is 19.8 Å². The van der Waals surface area contributed by atoms with Gasteiger partial charge in [0.25, 0.3) is 0 Å². The van der Waals surface area contributed by atoms with Crippen molar-refractivity contribution < 1.29 is 47.8 Å². The molecule has 0 bridgehead atoms. The third-order valence-corrected chi connectivity index (χ3v) is 10.8. The molecular weight excluding hydrogens is 769 g/mol. The van der Waals surface area contributed by atoms with E-state index in [0.717, 1.165) is 44.9 Å². The zero-order valence-electron chi connectivity index (χ0n) is 37.0. The summed E-state index contributed by atoms with van der Waals surface area (Å²) < 4.78 is 26.8. The molecule has 0 saturated carbocycles. The number of carbonyl (C=O) groups excluding carboxylic acids is 2. The van der Waals surface area contributed by atoms with Gasteiger partial charge in [-0.3, -0.25) is 18.6 Å². The predicted molar refractivity (Wildman–Crippen MR) is 240 cm³/mol. The minimum atomic E-state index is -4.77. The van der Waals surface area contributed by atoms with Crippen LogP contribution < -0.4 is 5.32 Å². The fraction of sp³-hybridized carbons (Fsp3) is 0.766. The van der Waals surface area contributed by atoms with Crippen LogP contribution in [0, 0.1) is 0 Å². The van der Waals surface area contributed by atoms with Gasteiger partial charge in [0, 0.05) is 12.8 Å². The van der Waals surface area contributed by atoms with Crippen molar-refractivity contribution >= 4 is 25.7 Å². The summed E-state index contributed by atoms with van der Waals surface area (Å²) in [5, 5.41) is 21.8. The lowest BCUT2D eigenvalue weighted by atomic mass is 10.0. The molecule has 0 aromatic rings. The summed E-state index contributed by atoms with van der Waals surface area (Å²) in [6.07, 6.45) is 47.1. The van der Waals surface area contributed by atoms with Gasteiger partial charge < -0.3 is 25.2 Å². The second-order valence-corrected chi connectivity index (χ2v) is 17.0. The number of carbonyl (C=O) groups is 3. The maximum Gasteiger partial charge on any atom is 0.472 e. The minimum absolute atomic E-state index is 0.144. The van der Waals surface area contributed by atoms with Crippen molar-refractivity contribution in [2.45, 2.75) is 212 Å². The molecule has 4 N–H and O–H groups in total. The molecule has 0 fully saturated rings. The number of aliphatic hydroxyl groups is 1. The van der Waals surface area contributed by atoms with Gasteiger partial charge in [-0.05, 0) is 51.4 Å². The maximum absolute atomic E-state index is 12.3. The lowest BCUT2D eigenvalue weighted by Crippen LogP contribution is -2.43. The second kappa shape index (κ2) is 42.1. The first kappa shape index (κ1) is 56.4.